The van der Waals surface area contributed by atoms with Gasteiger partial charge < -0.3 is 19.9 Å². The Bertz CT molecular complexity index is 3410. The van der Waals surface area contributed by atoms with Crippen LogP contribution in [0.1, 0.15) is 111 Å². The van der Waals surface area contributed by atoms with Gasteiger partial charge in [0.2, 0.25) is 0 Å². The molecule has 2 aliphatic carbocycles. The number of aliphatic imine (C=N–C) groups is 1. The van der Waals surface area contributed by atoms with E-state index in [2.05, 4.69) is 40.5 Å². The SMILES string of the molecule is CN=S(=O)(c1ccc(-n2ccn(C(=Nc3cc(C)c(F)c(C)c3)C3=C(N)CCN(C(=O)c4cc5cc([C@H]6CCOC(C)(C)C6)ccc5n4[C@@]4(c5noc(=O)[nH]5)C[C@@H]4C)[C@H]3C)c2=O)c(F)c1C)C1CC1. The number of imidazole rings is 1. The van der Waals surface area contributed by atoms with E-state index in [0.29, 0.717) is 57.5 Å². The highest BCUT2D eigenvalue weighted by Gasteiger charge is 2.59. The maximum atomic E-state index is 16.5. The summed E-state index contributed by atoms with van der Waals surface area (Å²) in [4.78, 5) is 52.6. The Labute approximate surface area is 398 Å². The summed E-state index contributed by atoms with van der Waals surface area (Å²) in [7, 11) is -1.38. The summed E-state index contributed by atoms with van der Waals surface area (Å²) < 4.78 is 65.2. The van der Waals surface area contributed by atoms with Crippen LogP contribution in [0.2, 0.25) is 0 Å². The number of carbonyl (C=O) groups excluding carboxylic acids is 1. The zero-order valence-electron chi connectivity index (χ0n) is 40.1. The van der Waals surface area contributed by atoms with Crippen molar-refractivity contribution in [3.05, 3.63) is 139 Å². The molecule has 5 heterocycles. The number of aromatic amines is 1. The van der Waals surface area contributed by atoms with Gasteiger partial charge in [-0.2, -0.15) is 0 Å². The van der Waals surface area contributed by atoms with Gasteiger partial charge in [-0.05, 0) is 145 Å². The quantitative estimate of drug-likeness (QED) is 0.107. The first-order valence-electron chi connectivity index (χ1n) is 23.5. The van der Waals surface area contributed by atoms with Crippen LogP contribution in [0.25, 0.3) is 16.6 Å². The molecular weight excluding hydrogens is 905 g/mol. The van der Waals surface area contributed by atoms with Crippen LogP contribution in [-0.4, -0.2) is 81.8 Å². The van der Waals surface area contributed by atoms with Crippen LogP contribution in [0.15, 0.2) is 101 Å². The lowest BCUT2D eigenvalue weighted by molar-refractivity contribution is -0.0592. The molecule has 3 N–H and O–H groups in total. The number of nitrogens with two attached hydrogens (primary N) is 1. The largest absolute Gasteiger partial charge is 0.438 e. The monoisotopic (exact) mass is 961 g/mol. The van der Waals surface area contributed by atoms with Crippen molar-refractivity contribution in [1.82, 2.24) is 28.7 Å². The number of fused-ring (bicyclic) bond motifs is 1. The second-order valence-corrected chi connectivity index (χ2v) is 22.5. The molecule has 1 saturated heterocycles. The topological polar surface area (TPSA) is 188 Å². The van der Waals surface area contributed by atoms with E-state index in [1.165, 1.54) is 37.0 Å². The molecule has 3 fully saturated rings. The number of nitrogens with one attached hydrogen (secondary N) is 1. The van der Waals surface area contributed by atoms with Crippen molar-refractivity contribution in [3.8, 4) is 5.69 Å². The first-order chi connectivity index (χ1) is 32.8. The normalized spacial score (nSPS) is 23.7. The zero-order chi connectivity index (χ0) is 49.1. The third kappa shape index (κ3) is 7.61. The molecule has 18 heteroatoms. The van der Waals surface area contributed by atoms with Crippen molar-refractivity contribution in [2.75, 3.05) is 20.2 Å². The van der Waals surface area contributed by atoms with Crippen LogP contribution in [0.4, 0.5) is 14.5 Å². The summed E-state index contributed by atoms with van der Waals surface area (Å²) >= 11 is 0. The van der Waals surface area contributed by atoms with E-state index in [0.717, 1.165) is 46.7 Å². The van der Waals surface area contributed by atoms with Gasteiger partial charge in [-0.15, -0.1) is 0 Å². The molecule has 0 bridgehead atoms. The van der Waals surface area contributed by atoms with Gasteiger partial charge in [0.1, 0.15) is 22.9 Å². The number of hydrogen-bond donors (Lipinski definition) is 2. The fourth-order valence-electron chi connectivity index (χ4n) is 11.0. The van der Waals surface area contributed by atoms with E-state index >= 15 is 13.6 Å². The van der Waals surface area contributed by atoms with Gasteiger partial charge in [-0.1, -0.05) is 18.1 Å². The molecule has 69 heavy (non-hydrogen) atoms. The molecule has 6 aromatic rings. The summed E-state index contributed by atoms with van der Waals surface area (Å²) in [6, 6.07) is 13.5. The number of aryl methyl sites for hydroxylation is 2. The fourth-order valence-corrected chi connectivity index (χ4v) is 13.4. The standard InChI is InChI=1S/C51H57F2N9O6S/c1-27-21-35(22-28(2)43(27)52)56-45(61-19-18-60(49(61)65)39-13-14-41(30(4)44(39)53)69(66,55-8)36-10-11-36)42-31(5)59(17-15-37(42)54)46(63)40-24-34-23-32(33-16-20-67-50(6,7)26-33)9-12-38(34)62(40)51(25-29(51)3)47-57-48(64)68-58-47/h9,12-14,18-19,21-24,29,31,33,36H,10-11,15-17,20,25-26,54H2,1-8H3,(H,57,58,64)/t29-,31-,33-,51-,69?/m0/s1. The molecule has 0 radical (unpaired) electrons. The second-order valence-electron chi connectivity index (χ2n) is 19.9. The van der Waals surface area contributed by atoms with E-state index in [1.54, 1.807) is 36.9 Å². The smallest absolute Gasteiger partial charge is 0.402 e. The van der Waals surface area contributed by atoms with Crippen molar-refractivity contribution in [3.63, 3.8) is 0 Å². The molecule has 1 unspecified atom stereocenters. The zero-order valence-corrected chi connectivity index (χ0v) is 40.9. The highest BCUT2D eigenvalue weighted by atomic mass is 32.2. The van der Waals surface area contributed by atoms with Crippen LogP contribution in [0.3, 0.4) is 0 Å². The number of rotatable bonds is 9. The van der Waals surface area contributed by atoms with Crippen molar-refractivity contribution in [2.45, 2.75) is 120 Å². The molecule has 15 nitrogen and oxygen atoms in total. The van der Waals surface area contributed by atoms with Crippen molar-refractivity contribution in [1.29, 1.82) is 0 Å². The number of aromatic nitrogens is 5. The lowest BCUT2D eigenvalue weighted by Gasteiger charge is -2.37. The molecular formula is C51H57F2N9O6S. The third-order valence-corrected chi connectivity index (χ3v) is 17.9. The summed E-state index contributed by atoms with van der Waals surface area (Å²) in [5, 5.41) is 4.85. The van der Waals surface area contributed by atoms with Crippen LogP contribution in [0, 0.1) is 38.3 Å². The second kappa shape index (κ2) is 16.6. The number of H-pyrrole nitrogens is 1. The number of carbonyl (C=O) groups is 1. The Hall–Kier alpha value is -6.40. The molecule has 4 aliphatic rings. The Kier molecular flexibility index (Phi) is 11.2. The first kappa shape index (κ1) is 46.3. The average Bonchev–Trinajstić information content (AvgIpc) is 4.14. The van der Waals surface area contributed by atoms with Gasteiger partial charge in [-0.3, -0.25) is 23.4 Å². The molecule has 1 amide bonds. The predicted molar refractivity (Wildman–Crippen MR) is 259 cm³/mol. The number of ether oxygens (including phenoxy) is 1. The average molecular weight is 962 g/mol. The Balaban J connectivity index is 1.09. The van der Waals surface area contributed by atoms with Gasteiger partial charge >= 0.3 is 11.4 Å². The lowest BCUT2D eigenvalue weighted by Crippen LogP contribution is -2.49. The minimum atomic E-state index is -2.86. The highest BCUT2D eigenvalue weighted by molar-refractivity contribution is 7.94. The van der Waals surface area contributed by atoms with E-state index in [1.807, 2.05) is 30.5 Å². The Morgan fingerprint density at radius 1 is 0.971 bits per heavy atom. The molecule has 3 aromatic heterocycles. The summed E-state index contributed by atoms with van der Waals surface area (Å²) in [5.74, 6) is -1.55. The van der Waals surface area contributed by atoms with Crippen molar-refractivity contribution >= 4 is 38.1 Å². The number of halogens is 2. The summed E-state index contributed by atoms with van der Waals surface area (Å²) in [6.07, 6.45) is 6.84. The van der Waals surface area contributed by atoms with Crippen LogP contribution in [-0.2, 0) is 20.0 Å². The predicted octanol–water partition coefficient (Wildman–Crippen LogP) is 8.27. The Morgan fingerprint density at radius 2 is 1.70 bits per heavy atom. The van der Waals surface area contributed by atoms with Crippen molar-refractivity contribution < 1.29 is 27.0 Å². The van der Waals surface area contributed by atoms with Crippen molar-refractivity contribution in [2.24, 2.45) is 21.0 Å². The van der Waals surface area contributed by atoms with Crippen LogP contribution >= 0.6 is 0 Å². The highest BCUT2D eigenvalue weighted by Crippen LogP contribution is 2.56. The van der Waals surface area contributed by atoms with Crippen LogP contribution < -0.4 is 17.2 Å². The molecule has 3 aromatic carbocycles. The summed E-state index contributed by atoms with van der Waals surface area (Å²) in [5.41, 5.74) is 9.18. The number of amides is 1. The van der Waals surface area contributed by atoms with E-state index in [4.69, 9.17) is 20.0 Å². The van der Waals surface area contributed by atoms with E-state index in [-0.39, 0.29) is 58.6 Å². The van der Waals surface area contributed by atoms with Gasteiger partial charge in [0.25, 0.3) is 5.91 Å². The molecule has 362 valence electrons. The van der Waals surface area contributed by atoms with Gasteiger partial charge in [0, 0.05) is 72.0 Å². The molecule has 5 atom stereocenters. The molecule has 2 saturated carbocycles. The summed E-state index contributed by atoms with van der Waals surface area (Å²) in [6.45, 7) is 13.7. The Morgan fingerprint density at radius 3 is 2.33 bits per heavy atom. The van der Waals surface area contributed by atoms with Crippen LogP contribution in [0.5, 0.6) is 0 Å². The minimum Gasteiger partial charge on any atom is -0.402 e. The third-order valence-electron chi connectivity index (χ3n) is 14.9. The molecule has 2 aliphatic heterocycles. The van der Waals surface area contributed by atoms with E-state index in [9.17, 15) is 13.8 Å². The number of nitrogens with zero attached hydrogens (tertiary/aromatic N) is 7. The lowest BCUT2D eigenvalue weighted by atomic mass is 9.83. The molecule has 10 rings (SSSR count). The maximum Gasteiger partial charge on any atom is 0.438 e. The fraction of sp³-hybridized carbons (Fsp3) is 0.431. The maximum absolute atomic E-state index is 16.5. The number of hydrogen-bond acceptors (Lipinski definition) is 10. The van der Waals surface area contributed by atoms with Gasteiger partial charge in [-0.25, -0.2) is 31.9 Å². The van der Waals surface area contributed by atoms with Gasteiger partial charge in [0.15, 0.2) is 11.6 Å². The first-order valence-corrected chi connectivity index (χ1v) is 25.1. The number of benzene rings is 3. The van der Waals surface area contributed by atoms with E-state index < -0.39 is 44.4 Å². The minimum absolute atomic E-state index is 0.0349. The van der Waals surface area contributed by atoms with Gasteiger partial charge in [0.05, 0.1) is 37.6 Å². The molecule has 0 spiro atoms.